The van der Waals surface area contributed by atoms with Crippen LogP contribution in [0.4, 0.5) is 0 Å². The highest BCUT2D eigenvalue weighted by molar-refractivity contribution is 9.13. The molecule has 2 heterocycles. The molecule has 0 bridgehead atoms. The minimum absolute atomic E-state index is 0. The van der Waals surface area contributed by atoms with E-state index in [0.717, 1.165) is 19.0 Å². The van der Waals surface area contributed by atoms with E-state index in [2.05, 4.69) is 48.1 Å². The van der Waals surface area contributed by atoms with E-state index in [-0.39, 0.29) is 24.8 Å². The molecule has 1 atom stereocenters. The Hall–Kier alpha value is 1.16. The molecule has 2 fully saturated rings. The van der Waals surface area contributed by atoms with E-state index in [4.69, 9.17) is 0 Å². The third-order valence-electron chi connectivity index (χ3n) is 4.35. The summed E-state index contributed by atoms with van der Waals surface area (Å²) in [5.74, 6) is 0.857. The van der Waals surface area contributed by atoms with Crippen molar-refractivity contribution in [2.24, 2.45) is 5.92 Å². The molecule has 0 radical (unpaired) electrons. The summed E-state index contributed by atoms with van der Waals surface area (Å²) in [6.45, 7) is 4.65. The lowest BCUT2D eigenvalue weighted by Gasteiger charge is -2.37. The molecule has 122 valence electrons. The molecule has 1 aliphatic carbocycles. The quantitative estimate of drug-likeness (QED) is 0.635. The Bertz CT molecular complexity index is 413. The van der Waals surface area contributed by atoms with Crippen LogP contribution in [-0.4, -0.2) is 31.1 Å². The predicted octanol–water partition coefficient (Wildman–Crippen LogP) is 5.25. The predicted molar refractivity (Wildman–Crippen MR) is 103 cm³/mol. The number of hydrogen-bond donors (Lipinski definition) is 1. The molecule has 1 aliphatic heterocycles. The van der Waals surface area contributed by atoms with Gasteiger partial charge in [0, 0.05) is 41.6 Å². The van der Waals surface area contributed by atoms with E-state index in [1.807, 2.05) is 11.3 Å². The van der Waals surface area contributed by atoms with Crippen LogP contribution in [0.25, 0.3) is 0 Å². The van der Waals surface area contributed by atoms with Crippen molar-refractivity contribution in [1.29, 1.82) is 0 Å². The van der Waals surface area contributed by atoms with Crippen molar-refractivity contribution < 1.29 is 0 Å². The maximum absolute atomic E-state index is 3.66. The largest absolute Gasteiger partial charge is 0.314 e. The molecule has 3 rings (SSSR count). The second-order valence-electron chi connectivity index (χ2n) is 5.55. The lowest BCUT2D eigenvalue weighted by atomic mass is 9.94. The fourth-order valence-electron chi connectivity index (χ4n) is 3.45. The average Bonchev–Trinajstić information content (AvgIpc) is 3.03. The van der Waals surface area contributed by atoms with Gasteiger partial charge in [0.25, 0.3) is 0 Å². The molecule has 1 aromatic rings. The van der Waals surface area contributed by atoms with Crippen LogP contribution >= 0.6 is 68.0 Å². The van der Waals surface area contributed by atoms with Gasteiger partial charge in [-0.1, -0.05) is 12.8 Å². The Labute approximate surface area is 160 Å². The number of nitrogens with zero attached hydrogens (tertiary/aromatic N) is 1. The van der Waals surface area contributed by atoms with Crippen LogP contribution in [0.2, 0.25) is 0 Å². The van der Waals surface area contributed by atoms with E-state index in [1.165, 1.54) is 51.9 Å². The number of nitrogens with one attached hydrogen (secondary N) is 1. The zero-order valence-electron chi connectivity index (χ0n) is 11.8. The fourth-order valence-corrected chi connectivity index (χ4v) is 5.77. The lowest BCUT2D eigenvalue weighted by Crippen LogP contribution is -2.46. The van der Waals surface area contributed by atoms with Crippen LogP contribution in [0.15, 0.2) is 14.3 Å². The summed E-state index contributed by atoms with van der Waals surface area (Å²) >= 11 is 9.22. The Balaban J connectivity index is 0.00000110. The number of thiophene rings is 1. The van der Waals surface area contributed by atoms with Crippen molar-refractivity contribution in [1.82, 2.24) is 10.2 Å². The first-order chi connectivity index (χ1) is 9.25. The number of hydrogen-bond acceptors (Lipinski definition) is 3. The average molecular weight is 481 g/mol. The van der Waals surface area contributed by atoms with E-state index in [0.29, 0.717) is 6.04 Å². The van der Waals surface area contributed by atoms with Crippen molar-refractivity contribution in [3.63, 3.8) is 0 Å². The summed E-state index contributed by atoms with van der Waals surface area (Å²) in [4.78, 5) is 4.24. The van der Waals surface area contributed by atoms with Crippen molar-refractivity contribution in [3.8, 4) is 0 Å². The van der Waals surface area contributed by atoms with Gasteiger partial charge in [-0.15, -0.1) is 36.2 Å². The second-order valence-corrected chi connectivity index (χ2v) is 8.80. The van der Waals surface area contributed by atoms with Gasteiger partial charge in [0.05, 0.1) is 3.79 Å². The molecule has 7 heteroatoms. The maximum atomic E-state index is 3.66. The Morgan fingerprint density at radius 2 is 1.76 bits per heavy atom. The first-order valence-corrected chi connectivity index (χ1v) is 9.55. The SMILES string of the molecule is Brc1cc([C@H](C2CCCC2)N2CCNCC2)sc1Br.Cl.Cl. The van der Waals surface area contributed by atoms with Gasteiger partial charge in [-0.3, -0.25) is 4.90 Å². The van der Waals surface area contributed by atoms with Gasteiger partial charge in [-0.05, 0) is 56.7 Å². The first kappa shape index (κ1) is 20.2. The van der Waals surface area contributed by atoms with Crippen molar-refractivity contribution in [2.45, 2.75) is 31.7 Å². The smallest absolute Gasteiger partial charge is 0.0843 e. The molecular weight excluding hydrogens is 459 g/mol. The van der Waals surface area contributed by atoms with Crippen LogP contribution < -0.4 is 5.32 Å². The summed E-state index contributed by atoms with van der Waals surface area (Å²) in [5, 5.41) is 3.47. The maximum Gasteiger partial charge on any atom is 0.0843 e. The molecule has 21 heavy (non-hydrogen) atoms. The minimum Gasteiger partial charge on any atom is -0.314 e. The molecule has 1 aromatic heterocycles. The molecule has 2 nitrogen and oxygen atoms in total. The number of halogens is 4. The molecule has 1 saturated heterocycles. The van der Waals surface area contributed by atoms with Crippen molar-refractivity contribution >= 4 is 68.0 Å². The second kappa shape index (κ2) is 9.45. The monoisotopic (exact) mass is 478 g/mol. The molecule has 2 aliphatic rings. The standard InChI is InChI=1S/C14H20Br2N2S.2ClH/c15-11-9-12(19-14(11)16)13(10-3-1-2-4-10)18-7-5-17-6-8-18;;/h9-10,13,17H,1-8H2;2*1H/t13-;;/m0../s1. The van der Waals surface area contributed by atoms with E-state index in [9.17, 15) is 0 Å². The molecule has 1 saturated carbocycles. The summed E-state index contributed by atoms with van der Waals surface area (Å²) in [6, 6.07) is 2.97. The highest BCUT2D eigenvalue weighted by Gasteiger charge is 2.33. The first-order valence-electron chi connectivity index (χ1n) is 7.15. The van der Waals surface area contributed by atoms with Crippen LogP contribution in [0, 0.1) is 5.92 Å². The minimum atomic E-state index is 0. The third-order valence-corrected chi connectivity index (χ3v) is 7.67. The number of rotatable bonds is 3. The molecule has 1 N–H and O–H groups in total. The summed E-state index contributed by atoms with van der Waals surface area (Å²) in [5.41, 5.74) is 0. The Morgan fingerprint density at radius 3 is 2.29 bits per heavy atom. The normalized spacial score (nSPS) is 21.6. The van der Waals surface area contributed by atoms with Gasteiger partial charge in [0.1, 0.15) is 0 Å². The molecule has 0 amide bonds. The van der Waals surface area contributed by atoms with Crippen LogP contribution in [0.1, 0.15) is 36.6 Å². The fraction of sp³-hybridized carbons (Fsp3) is 0.714. The molecule has 0 unspecified atom stereocenters. The molecular formula is C14H22Br2Cl2N2S. The zero-order chi connectivity index (χ0) is 13.2. The van der Waals surface area contributed by atoms with E-state index < -0.39 is 0 Å². The van der Waals surface area contributed by atoms with Gasteiger partial charge >= 0.3 is 0 Å². The molecule has 0 spiro atoms. The van der Waals surface area contributed by atoms with Crippen LogP contribution in [-0.2, 0) is 0 Å². The van der Waals surface area contributed by atoms with Crippen LogP contribution in [0.3, 0.4) is 0 Å². The highest BCUT2D eigenvalue weighted by Crippen LogP contribution is 2.45. The summed E-state index contributed by atoms with van der Waals surface area (Å²) in [7, 11) is 0. The van der Waals surface area contributed by atoms with Gasteiger partial charge in [0.2, 0.25) is 0 Å². The zero-order valence-corrected chi connectivity index (χ0v) is 17.4. The molecule has 0 aromatic carbocycles. The van der Waals surface area contributed by atoms with Gasteiger partial charge in [0.15, 0.2) is 0 Å². The Morgan fingerprint density at radius 1 is 1.14 bits per heavy atom. The van der Waals surface area contributed by atoms with Crippen molar-refractivity contribution in [2.75, 3.05) is 26.2 Å². The van der Waals surface area contributed by atoms with Gasteiger partial charge < -0.3 is 5.32 Å². The summed E-state index contributed by atoms with van der Waals surface area (Å²) < 4.78 is 2.45. The highest BCUT2D eigenvalue weighted by atomic mass is 79.9. The van der Waals surface area contributed by atoms with E-state index >= 15 is 0 Å². The lowest BCUT2D eigenvalue weighted by molar-refractivity contribution is 0.128. The number of piperazine rings is 1. The van der Waals surface area contributed by atoms with Gasteiger partial charge in [-0.25, -0.2) is 0 Å². The summed E-state index contributed by atoms with van der Waals surface area (Å²) in [6.07, 6.45) is 5.64. The van der Waals surface area contributed by atoms with Crippen molar-refractivity contribution in [3.05, 3.63) is 19.2 Å². The topological polar surface area (TPSA) is 15.3 Å². The van der Waals surface area contributed by atoms with E-state index in [1.54, 1.807) is 0 Å². The Kier molecular flexibility index (Phi) is 9.10. The van der Waals surface area contributed by atoms with Gasteiger partial charge in [-0.2, -0.15) is 0 Å². The third kappa shape index (κ3) is 4.82. The van der Waals surface area contributed by atoms with Crippen LogP contribution in [0.5, 0.6) is 0 Å².